The van der Waals surface area contributed by atoms with Gasteiger partial charge in [0.15, 0.2) is 0 Å². The second-order valence-corrected chi connectivity index (χ2v) is 5.31. The van der Waals surface area contributed by atoms with Crippen molar-refractivity contribution in [1.82, 2.24) is 0 Å². The van der Waals surface area contributed by atoms with E-state index in [1.54, 1.807) is 5.57 Å². The quantitative estimate of drug-likeness (QED) is 0.568. The van der Waals surface area contributed by atoms with E-state index < -0.39 is 0 Å². The molecule has 0 heteroatoms. The molecule has 80 valence electrons. The Hall–Kier alpha value is -0.260. The number of rotatable bonds is 3. The predicted octanol–water partition coefficient (Wildman–Crippen LogP) is 4.70. The first-order valence-electron chi connectivity index (χ1n) is 6.55. The van der Waals surface area contributed by atoms with Gasteiger partial charge in [-0.2, -0.15) is 0 Å². The molecule has 0 aromatic heterocycles. The topological polar surface area (TPSA) is 0 Å². The Morgan fingerprint density at radius 1 is 1.21 bits per heavy atom. The Bertz CT molecular complexity index is 196. The lowest BCUT2D eigenvalue weighted by Gasteiger charge is -2.22. The second kappa shape index (κ2) is 5.00. The molecule has 1 atom stereocenters. The van der Waals surface area contributed by atoms with Crippen LogP contribution in [0.3, 0.4) is 0 Å². The van der Waals surface area contributed by atoms with E-state index >= 15 is 0 Å². The van der Waals surface area contributed by atoms with E-state index in [0.717, 1.165) is 11.8 Å². The molecule has 2 rings (SSSR count). The van der Waals surface area contributed by atoms with Gasteiger partial charge in [-0.25, -0.2) is 0 Å². The monoisotopic (exact) mass is 192 g/mol. The van der Waals surface area contributed by atoms with Gasteiger partial charge in [0.05, 0.1) is 0 Å². The first kappa shape index (κ1) is 10.3. The average Bonchev–Trinajstić information content (AvgIpc) is 2.72. The number of allylic oxidation sites excluding steroid dienone is 2. The molecule has 0 N–H and O–H groups in total. The Morgan fingerprint density at radius 2 is 2.00 bits per heavy atom. The van der Waals surface area contributed by atoms with Gasteiger partial charge < -0.3 is 0 Å². The summed E-state index contributed by atoms with van der Waals surface area (Å²) in [6.07, 6.45) is 15.6. The van der Waals surface area contributed by atoms with Crippen molar-refractivity contribution in [2.24, 2.45) is 11.8 Å². The highest BCUT2D eigenvalue weighted by Crippen LogP contribution is 2.34. The van der Waals surface area contributed by atoms with Crippen molar-refractivity contribution in [3.63, 3.8) is 0 Å². The van der Waals surface area contributed by atoms with Gasteiger partial charge in [-0.3, -0.25) is 0 Å². The minimum Gasteiger partial charge on any atom is -0.0851 e. The van der Waals surface area contributed by atoms with Crippen LogP contribution in [-0.4, -0.2) is 0 Å². The minimum atomic E-state index is 0.887. The molecular formula is C14H24. The van der Waals surface area contributed by atoms with E-state index in [1.165, 1.54) is 57.8 Å². The maximum Gasteiger partial charge on any atom is -0.0229 e. The molecule has 0 aromatic carbocycles. The van der Waals surface area contributed by atoms with E-state index in [-0.39, 0.29) is 0 Å². The molecule has 0 aromatic rings. The van der Waals surface area contributed by atoms with E-state index in [0.29, 0.717) is 0 Å². The van der Waals surface area contributed by atoms with E-state index in [2.05, 4.69) is 13.0 Å². The summed E-state index contributed by atoms with van der Waals surface area (Å²) in [6, 6.07) is 0. The Balaban J connectivity index is 1.81. The summed E-state index contributed by atoms with van der Waals surface area (Å²) in [5.41, 5.74) is 1.78. The molecule has 0 saturated heterocycles. The SMILES string of the molecule is CC(CC1CCCC1)C1=CCCCC1. The molecule has 0 radical (unpaired) electrons. The summed E-state index contributed by atoms with van der Waals surface area (Å²) in [5, 5.41) is 0. The van der Waals surface area contributed by atoms with E-state index in [1.807, 2.05) is 0 Å². The van der Waals surface area contributed by atoms with E-state index in [9.17, 15) is 0 Å². The highest BCUT2D eigenvalue weighted by Gasteiger charge is 2.20. The van der Waals surface area contributed by atoms with Crippen LogP contribution in [0.2, 0.25) is 0 Å². The normalized spacial score (nSPS) is 26.2. The molecule has 0 nitrogen and oxygen atoms in total. The Kier molecular flexibility index (Phi) is 3.67. The Morgan fingerprint density at radius 3 is 2.64 bits per heavy atom. The van der Waals surface area contributed by atoms with Crippen LogP contribution in [0.5, 0.6) is 0 Å². The van der Waals surface area contributed by atoms with Crippen LogP contribution >= 0.6 is 0 Å². The zero-order chi connectivity index (χ0) is 9.80. The first-order valence-corrected chi connectivity index (χ1v) is 6.55. The van der Waals surface area contributed by atoms with Crippen molar-refractivity contribution in [2.45, 2.75) is 64.7 Å². The van der Waals surface area contributed by atoms with Crippen molar-refractivity contribution in [3.05, 3.63) is 11.6 Å². The molecule has 0 amide bonds. The number of hydrogen-bond donors (Lipinski definition) is 0. The van der Waals surface area contributed by atoms with Gasteiger partial charge in [-0.15, -0.1) is 0 Å². The smallest absolute Gasteiger partial charge is 0.0229 e. The second-order valence-electron chi connectivity index (χ2n) is 5.31. The molecule has 0 spiro atoms. The fourth-order valence-corrected chi connectivity index (χ4v) is 3.21. The molecule has 1 saturated carbocycles. The van der Waals surface area contributed by atoms with Crippen molar-refractivity contribution >= 4 is 0 Å². The van der Waals surface area contributed by atoms with Crippen LogP contribution in [0.4, 0.5) is 0 Å². The maximum atomic E-state index is 2.53. The van der Waals surface area contributed by atoms with Crippen LogP contribution in [0.1, 0.15) is 64.7 Å². The van der Waals surface area contributed by atoms with Crippen LogP contribution in [0, 0.1) is 11.8 Å². The average molecular weight is 192 g/mol. The summed E-state index contributed by atoms with van der Waals surface area (Å²) >= 11 is 0. The van der Waals surface area contributed by atoms with Gasteiger partial charge >= 0.3 is 0 Å². The highest BCUT2D eigenvalue weighted by molar-refractivity contribution is 5.08. The third kappa shape index (κ3) is 2.62. The van der Waals surface area contributed by atoms with Gasteiger partial charge in [0.2, 0.25) is 0 Å². The van der Waals surface area contributed by atoms with Gasteiger partial charge in [-0.05, 0) is 43.9 Å². The summed E-state index contributed by atoms with van der Waals surface area (Å²) in [5.74, 6) is 1.95. The fourth-order valence-electron chi connectivity index (χ4n) is 3.21. The lowest BCUT2D eigenvalue weighted by molar-refractivity contribution is 0.419. The third-order valence-electron chi connectivity index (χ3n) is 4.12. The van der Waals surface area contributed by atoms with Crippen molar-refractivity contribution in [3.8, 4) is 0 Å². The predicted molar refractivity (Wildman–Crippen MR) is 62.3 cm³/mol. The van der Waals surface area contributed by atoms with E-state index in [4.69, 9.17) is 0 Å². The van der Waals surface area contributed by atoms with Crippen molar-refractivity contribution in [2.75, 3.05) is 0 Å². The summed E-state index contributed by atoms with van der Waals surface area (Å²) in [7, 11) is 0. The molecule has 0 bridgehead atoms. The number of hydrogen-bond acceptors (Lipinski definition) is 0. The third-order valence-corrected chi connectivity index (χ3v) is 4.12. The van der Waals surface area contributed by atoms with Crippen molar-refractivity contribution in [1.29, 1.82) is 0 Å². The largest absolute Gasteiger partial charge is 0.0851 e. The van der Waals surface area contributed by atoms with Crippen LogP contribution in [-0.2, 0) is 0 Å². The van der Waals surface area contributed by atoms with Gasteiger partial charge in [0.1, 0.15) is 0 Å². The molecule has 1 unspecified atom stereocenters. The fraction of sp³-hybridized carbons (Fsp3) is 0.857. The summed E-state index contributed by atoms with van der Waals surface area (Å²) < 4.78 is 0. The molecule has 2 aliphatic carbocycles. The maximum absolute atomic E-state index is 2.53. The molecule has 2 aliphatic rings. The zero-order valence-corrected chi connectivity index (χ0v) is 9.60. The molecule has 14 heavy (non-hydrogen) atoms. The highest BCUT2D eigenvalue weighted by atomic mass is 14.3. The lowest BCUT2D eigenvalue weighted by Crippen LogP contribution is -2.07. The summed E-state index contributed by atoms with van der Waals surface area (Å²) in [4.78, 5) is 0. The van der Waals surface area contributed by atoms with Gasteiger partial charge in [0, 0.05) is 0 Å². The molecule has 0 aliphatic heterocycles. The molecule has 1 fully saturated rings. The Labute approximate surface area is 88.8 Å². The van der Waals surface area contributed by atoms with Crippen LogP contribution < -0.4 is 0 Å². The lowest BCUT2D eigenvalue weighted by atomic mass is 9.84. The van der Waals surface area contributed by atoms with Crippen molar-refractivity contribution < 1.29 is 0 Å². The van der Waals surface area contributed by atoms with Crippen LogP contribution in [0.25, 0.3) is 0 Å². The zero-order valence-electron chi connectivity index (χ0n) is 9.60. The standard InChI is InChI=1S/C14H24/c1-12(11-13-7-5-6-8-13)14-9-3-2-4-10-14/h9,12-13H,2-8,10-11H2,1H3. The molecular weight excluding hydrogens is 168 g/mol. The first-order chi connectivity index (χ1) is 6.86. The van der Waals surface area contributed by atoms with Crippen LogP contribution in [0.15, 0.2) is 11.6 Å². The van der Waals surface area contributed by atoms with Gasteiger partial charge in [-0.1, -0.05) is 44.3 Å². The minimum absolute atomic E-state index is 0.887. The van der Waals surface area contributed by atoms with Gasteiger partial charge in [0.25, 0.3) is 0 Å². The summed E-state index contributed by atoms with van der Waals surface area (Å²) in [6.45, 7) is 2.45. The molecule has 0 heterocycles.